The van der Waals surface area contributed by atoms with E-state index in [9.17, 15) is 0 Å². The molecular weight excluding hydrogens is 272 g/mol. The van der Waals surface area contributed by atoms with Crippen molar-refractivity contribution in [3.63, 3.8) is 0 Å². The van der Waals surface area contributed by atoms with Gasteiger partial charge in [0.05, 0.1) is 12.8 Å². The molecule has 106 valence electrons. The van der Waals surface area contributed by atoms with Crippen molar-refractivity contribution >= 4 is 11.6 Å². The van der Waals surface area contributed by atoms with E-state index in [4.69, 9.17) is 16.3 Å². The lowest BCUT2D eigenvalue weighted by Gasteiger charge is -2.18. The summed E-state index contributed by atoms with van der Waals surface area (Å²) in [5.41, 5.74) is 1.95. The molecule has 0 unspecified atom stereocenters. The molecular formula is C16H19ClN2O. The first-order valence-electron chi connectivity index (χ1n) is 6.56. The molecule has 1 heterocycles. The number of para-hydroxylation sites is 1. The summed E-state index contributed by atoms with van der Waals surface area (Å²) < 4.78 is 5.36. The van der Waals surface area contributed by atoms with Crippen molar-refractivity contribution < 1.29 is 4.74 Å². The van der Waals surface area contributed by atoms with Gasteiger partial charge in [-0.3, -0.25) is 0 Å². The number of methoxy groups -OCH3 is 1. The molecule has 0 saturated carbocycles. The summed E-state index contributed by atoms with van der Waals surface area (Å²) in [5, 5.41) is 0.481. The van der Waals surface area contributed by atoms with E-state index in [1.807, 2.05) is 30.3 Å². The monoisotopic (exact) mass is 290 g/mol. The molecule has 3 nitrogen and oxygen atoms in total. The number of ether oxygens (including phenoxy) is 1. The highest BCUT2D eigenvalue weighted by molar-refractivity contribution is 6.29. The van der Waals surface area contributed by atoms with Gasteiger partial charge in [0, 0.05) is 17.4 Å². The van der Waals surface area contributed by atoms with Crippen molar-refractivity contribution in [3.05, 3.63) is 52.6 Å². The minimum absolute atomic E-state index is 0.0535. The Morgan fingerprint density at radius 1 is 1.15 bits per heavy atom. The standard InChI is InChI=1S/C16H19ClN2O/c1-16(2,3)13-10-14(17)19-15(18-13)9-11-7-5-6-8-12(11)20-4/h5-8,10H,9H2,1-4H3. The summed E-state index contributed by atoms with van der Waals surface area (Å²) in [4.78, 5) is 8.94. The molecule has 1 aromatic heterocycles. The van der Waals surface area contributed by atoms with Crippen LogP contribution in [0.15, 0.2) is 30.3 Å². The molecule has 20 heavy (non-hydrogen) atoms. The van der Waals surface area contributed by atoms with Crippen molar-refractivity contribution in [2.45, 2.75) is 32.6 Å². The third kappa shape index (κ3) is 3.48. The Morgan fingerprint density at radius 2 is 1.85 bits per heavy atom. The molecule has 0 aliphatic rings. The molecule has 0 saturated heterocycles. The highest BCUT2D eigenvalue weighted by Gasteiger charge is 2.18. The first-order chi connectivity index (χ1) is 9.40. The quantitative estimate of drug-likeness (QED) is 0.801. The van der Waals surface area contributed by atoms with Crippen LogP contribution in [0.4, 0.5) is 0 Å². The second-order valence-corrected chi connectivity index (χ2v) is 6.12. The largest absolute Gasteiger partial charge is 0.496 e. The minimum Gasteiger partial charge on any atom is -0.496 e. The lowest BCUT2D eigenvalue weighted by atomic mass is 9.92. The van der Waals surface area contributed by atoms with Gasteiger partial charge in [0.25, 0.3) is 0 Å². The maximum absolute atomic E-state index is 6.11. The van der Waals surface area contributed by atoms with Crippen molar-refractivity contribution in [1.29, 1.82) is 0 Å². The lowest BCUT2D eigenvalue weighted by Crippen LogP contribution is -2.15. The Labute approximate surface area is 125 Å². The van der Waals surface area contributed by atoms with Crippen LogP contribution in [-0.4, -0.2) is 17.1 Å². The fourth-order valence-electron chi connectivity index (χ4n) is 1.95. The molecule has 1 aromatic carbocycles. The summed E-state index contributed by atoms with van der Waals surface area (Å²) in [6, 6.07) is 9.70. The lowest BCUT2D eigenvalue weighted by molar-refractivity contribution is 0.410. The van der Waals surface area contributed by atoms with Crippen molar-refractivity contribution in [2.75, 3.05) is 7.11 Å². The fourth-order valence-corrected chi connectivity index (χ4v) is 2.15. The molecule has 0 radical (unpaired) electrons. The van der Waals surface area contributed by atoms with E-state index in [0.717, 1.165) is 17.0 Å². The molecule has 4 heteroatoms. The highest BCUT2D eigenvalue weighted by atomic mass is 35.5. The van der Waals surface area contributed by atoms with E-state index in [1.54, 1.807) is 7.11 Å². The second-order valence-electron chi connectivity index (χ2n) is 5.73. The van der Waals surface area contributed by atoms with Crippen LogP contribution >= 0.6 is 11.6 Å². The zero-order valence-electron chi connectivity index (χ0n) is 12.3. The normalized spacial score (nSPS) is 11.4. The average Bonchev–Trinajstić information content (AvgIpc) is 2.37. The molecule has 0 atom stereocenters. The second kappa shape index (κ2) is 5.80. The highest BCUT2D eigenvalue weighted by Crippen LogP contribution is 2.24. The first kappa shape index (κ1) is 14.8. The Bertz CT molecular complexity index is 606. The van der Waals surface area contributed by atoms with Crippen LogP contribution in [0.5, 0.6) is 5.75 Å². The van der Waals surface area contributed by atoms with E-state index < -0.39 is 0 Å². The number of benzene rings is 1. The fraction of sp³-hybridized carbons (Fsp3) is 0.375. The van der Waals surface area contributed by atoms with Crippen LogP contribution in [-0.2, 0) is 11.8 Å². The molecule has 0 aliphatic heterocycles. The summed E-state index contributed by atoms with van der Waals surface area (Å²) in [5.74, 6) is 1.56. The van der Waals surface area contributed by atoms with Gasteiger partial charge in [-0.25, -0.2) is 9.97 Å². The van der Waals surface area contributed by atoms with Gasteiger partial charge in [-0.1, -0.05) is 50.6 Å². The maximum Gasteiger partial charge on any atom is 0.134 e. The Kier molecular flexibility index (Phi) is 4.29. The van der Waals surface area contributed by atoms with Gasteiger partial charge >= 0.3 is 0 Å². The van der Waals surface area contributed by atoms with Gasteiger partial charge in [0.2, 0.25) is 0 Å². The van der Waals surface area contributed by atoms with Crippen molar-refractivity contribution in [1.82, 2.24) is 9.97 Å². The molecule has 0 fully saturated rings. The molecule has 0 N–H and O–H groups in total. The van der Waals surface area contributed by atoms with Gasteiger partial charge in [-0.2, -0.15) is 0 Å². The molecule has 0 amide bonds. The molecule has 0 aliphatic carbocycles. The van der Waals surface area contributed by atoms with E-state index in [1.165, 1.54) is 0 Å². The van der Waals surface area contributed by atoms with Crippen LogP contribution in [0, 0.1) is 0 Å². The third-order valence-corrected chi connectivity index (χ3v) is 3.24. The van der Waals surface area contributed by atoms with Gasteiger partial charge < -0.3 is 4.74 Å². The van der Waals surface area contributed by atoms with Gasteiger partial charge in [-0.15, -0.1) is 0 Å². The number of hydrogen-bond acceptors (Lipinski definition) is 3. The topological polar surface area (TPSA) is 35.0 Å². The van der Waals surface area contributed by atoms with Crippen molar-refractivity contribution in [2.24, 2.45) is 0 Å². The van der Waals surface area contributed by atoms with Crippen LogP contribution in [0.1, 0.15) is 37.9 Å². The van der Waals surface area contributed by atoms with Crippen molar-refractivity contribution in [3.8, 4) is 5.75 Å². The van der Waals surface area contributed by atoms with E-state index in [2.05, 4.69) is 30.7 Å². The number of rotatable bonds is 3. The average molecular weight is 291 g/mol. The summed E-state index contributed by atoms with van der Waals surface area (Å²) in [6.07, 6.45) is 0.605. The predicted octanol–water partition coefficient (Wildman–Crippen LogP) is 4.03. The van der Waals surface area contributed by atoms with Crippen LogP contribution in [0.3, 0.4) is 0 Å². The zero-order chi connectivity index (χ0) is 14.8. The summed E-state index contributed by atoms with van der Waals surface area (Å²) >= 11 is 6.11. The van der Waals surface area contributed by atoms with Crippen LogP contribution in [0.2, 0.25) is 5.15 Å². The smallest absolute Gasteiger partial charge is 0.134 e. The summed E-state index contributed by atoms with van der Waals surface area (Å²) in [6.45, 7) is 6.33. The van der Waals surface area contributed by atoms with E-state index in [0.29, 0.717) is 17.4 Å². The third-order valence-electron chi connectivity index (χ3n) is 3.05. The number of nitrogens with zero attached hydrogens (tertiary/aromatic N) is 2. The van der Waals surface area contributed by atoms with Crippen LogP contribution in [0.25, 0.3) is 0 Å². The Hall–Kier alpha value is -1.61. The number of halogens is 1. The number of aromatic nitrogens is 2. The molecule has 0 spiro atoms. The summed E-state index contributed by atoms with van der Waals surface area (Å²) in [7, 11) is 1.66. The maximum atomic E-state index is 6.11. The van der Waals surface area contributed by atoms with Gasteiger partial charge in [0.15, 0.2) is 0 Å². The SMILES string of the molecule is COc1ccccc1Cc1nc(Cl)cc(C(C)(C)C)n1. The molecule has 2 rings (SSSR count). The zero-order valence-corrected chi connectivity index (χ0v) is 13.0. The molecule has 0 bridgehead atoms. The predicted molar refractivity (Wildman–Crippen MR) is 81.5 cm³/mol. The first-order valence-corrected chi connectivity index (χ1v) is 6.94. The van der Waals surface area contributed by atoms with Crippen LogP contribution < -0.4 is 4.74 Å². The molecule has 2 aromatic rings. The van der Waals surface area contributed by atoms with Gasteiger partial charge in [0.1, 0.15) is 16.7 Å². The van der Waals surface area contributed by atoms with Gasteiger partial charge in [-0.05, 0) is 12.1 Å². The minimum atomic E-state index is -0.0535. The Morgan fingerprint density at radius 3 is 2.50 bits per heavy atom. The Balaban J connectivity index is 2.36. The van der Waals surface area contributed by atoms with E-state index in [-0.39, 0.29) is 5.41 Å². The van der Waals surface area contributed by atoms with E-state index >= 15 is 0 Å². The number of hydrogen-bond donors (Lipinski definition) is 0.